The number of aromatic amines is 1. The van der Waals surface area contributed by atoms with Crippen molar-refractivity contribution in [2.45, 2.75) is 37.6 Å². The molecule has 0 aromatic carbocycles. The zero-order chi connectivity index (χ0) is 11.4. The van der Waals surface area contributed by atoms with Crippen LogP contribution < -0.4 is 16.0 Å². The van der Waals surface area contributed by atoms with Crippen LogP contribution in [-0.4, -0.2) is 22.1 Å². The van der Waals surface area contributed by atoms with Gasteiger partial charge in [-0.3, -0.25) is 4.79 Å². The third-order valence-electron chi connectivity index (χ3n) is 3.02. The lowest BCUT2D eigenvalue weighted by molar-refractivity contribution is 0.167. The number of ether oxygens (including phenoxy) is 1. The summed E-state index contributed by atoms with van der Waals surface area (Å²) in [4.78, 5) is 17.7. The molecule has 2 rings (SSSR count). The van der Waals surface area contributed by atoms with Crippen LogP contribution >= 0.6 is 0 Å². The predicted octanol–water partition coefficient (Wildman–Crippen LogP) is 0.810. The van der Waals surface area contributed by atoms with Gasteiger partial charge in [0.15, 0.2) is 0 Å². The fraction of sp³-hybridized carbons (Fsp3) is 0.636. The molecule has 88 valence electrons. The summed E-state index contributed by atoms with van der Waals surface area (Å²) in [5.74, 6) is 0.109. The number of nitrogens with two attached hydrogens (primary N) is 1. The maximum atomic E-state index is 11.3. The van der Waals surface area contributed by atoms with Gasteiger partial charge in [0.25, 0.3) is 5.88 Å². The molecule has 16 heavy (non-hydrogen) atoms. The van der Waals surface area contributed by atoms with Crippen molar-refractivity contribution in [3.63, 3.8) is 0 Å². The average molecular weight is 223 g/mol. The Morgan fingerprint density at radius 1 is 1.44 bits per heavy atom. The van der Waals surface area contributed by atoms with Crippen LogP contribution in [0.1, 0.15) is 32.1 Å². The van der Waals surface area contributed by atoms with Crippen molar-refractivity contribution in [1.82, 2.24) is 9.97 Å². The Morgan fingerprint density at radius 3 is 2.88 bits per heavy atom. The Kier molecular flexibility index (Phi) is 3.24. The number of rotatable bonds is 3. The van der Waals surface area contributed by atoms with E-state index in [1.165, 1.54) is 18.8 Å². The summed E-state index contributed by atoms with van der Waals surface area (Å²) in [6.45, 7) is 0.368. The quantitative estimate of drug-likeness (QED) is 0.794. The summed E-state index contributed by atoms with van der Waals surface area (Å²) in [6, 6.07) is 0. The van der Waals surface area contributed by atoms with Gasteiger partial charge in [0.05, 0.1) is 5.54 Å². The Morgan fingerprint density at radius 2 is 2.19 bits per heavy atom. The summed E-state index contributed by atoms with van der Waals surface area (Å²) in [5, 5.41) is 0. The molecule has 0 spiro atoms. The minimum absolute atomic E-state index is 0.109. The predicted molar refractivity (Wildman–Crippen MR) is 60.4 cm³/mol. The zero-order valence-corrected chi connectivity index (χ0v) is 9.24. The van der Waals surface area contributed by atoms with E-state index in [0.29, 0.717) is 6.61 Å². The maximum Gasteiger partial charge on any atom is 0.310 e. The molecule has 1 heterocycles. The van der Waals surface area contributed by atoms with Crippen LogP contribution in [0.15, 0.2) is 17.2 Å². The van der Waals surface area contributed by atoms with E-state index in [1.54, 1.807) is 0 Å². The van der Waals surface area contributed by atoms with Gasteiger partial charge in [-0.1, -0.05) is 19.3 Å². The van der Waals surface area contributed by atoms with Gasteiger partial charge in [-0.25, -0.2) is 4.98 Å². The van der Waals surface area contributed by atoms with Crippen molar-refractivity contribution in [1.29, 1.82) is 0 Å². The Hall–Kier alpha value is -1.36. The highest BCUT2D eigenvalue weighted by molar-refractivity contribution is 5.03. The molecule has 0 saturated heterocycles. The lowest BCUT2D eigenvalue weighted by Gasteiger charge is -2.32. The molecule has 0 radical (unpaired) electrons. The number of H-pyrrole nitrogens is 1. The van der Waals surface area contributed by atoms with E-state index in [4.69, 9.17) is 10.5 Å². The Bertz CT molecular complexity index is 396. The first-order chi connectivity index (χ1) is 7.70. The molecule has 0 amide bonds. The highest BCUT2D eigenvalue weighted by Crippen LogP contribution is 2.25. The summed E-state index contributed by atoms with van der Waals surface area (Å²) < 4.78 is 5.40. The second-order valence-corrected chi connectivity index (χ2v) is 4.44. The molecule has 1 fully saturated rings. The van der Waals surface area contributed by atoms with Crippen molar-refractivity contribution >= 4 is 0 Å². The fourth-order valence-electron chi connectivity index (χ4n) is 2.05. The molecule has 0 aliphatic heterocycles. The lowest BCUT2D eigenvalue weighted by atomic mass is 9.83. The number of hydrogen-bond acceptors (Lipinski definition) is 4. The van der Waals surface area contributed by atoms with Crippen LogP contribution in [0.4, 0.5) is 0 Å². The largest absolute Gasteiger partial charge is 0.472 e. The second kappa shape index (κ2) is 4.65. The summed E-state index contributed by atoms with van der Waals surface area (Å²) >= 11 is 0. The average Bonchev–Trinajstić information content (AvgIpc) is 2.29. The summed E-state index contributed by atoms with van der Waals surface area (Å²) in [6.07, 6.45) is 8.41. The zero-order valence-electron chi connectivity index (χ0n) is 9.24. The standard InChI is InChI=1S/C11H17N3O2/c12-11(4-2-1-3-5-11)8-16-10-9(15)13-6-7-14-10/h6-7H,1-5,8,12H2,(H,13,15). The monoisotopic (exact) mass is 223 g/mol. The molecule has 1 aromatic heterocycles. The SMILES string of the molecule is NC1(COc2ncc[nH]c2=O)CCCCC1. The minimum atomic E-state index is -0.304. The highest BCUT2D eigenvalue weighted by Gasteiger charge is 2.28. The molecule has 3 N–H and O–H groups in total. The molecular weight excluding hydrogens is 206 g/mol. The number of aromatic nitrogens is 2. The molecular formula is C11H17N3O2. The lowest BCUT2D eigenvalue weighted by Crippen LogP contribution is -2.47. The summed E-state index contributed by atoms with van der Waals surface area (Å²) in [7, 11) is 0. The van der Waals surface area contributed by atoms with E-state index < -0.39 is 0 Å². The van der Waals surface area contributed by atoms with Crippen molar-refractivity contribution in [3.8, 4) is 5.88 Å². The second-order valence-electron chi connectivity index (χ2n) is 4.44. The van der Waals surface area contributed by atoms with Crippen molar-refractivity contribution in [2.24, 2.45) is 5.73 Å². The fourth-order valence-corrected chi connectivity index (χ4v) is 2.05. The molecule has 1 aromatic rings. The molecule has 1 saturated carbocycles. The molecule has 1 aliphatic rings. The Balaban J connectivity index is 1.96. The Labute approximate surface area is 94.0 Å². The topological polar surface area (TPSA) is 81.0 Å². The van der Waals surface area contributed by atoms with Gasteiger partial charge in [-0.15, -0.1) is 0 Å². The van der Waals surface area contributed by atoms with Gasteiger partial charge < -0.3 is 15.5 Å². The number of hydrogen-bond donors (Lipinski definition) is 2. The van der Waals surface area contributed by atoms with Gasteiger partial charge in [-0.2, -0.15) is 0 Å². The van der Waals surface area contributed by atoms with E-state index in [9.17, 15) is 4.79 Å². The third kappa shape index (κ3) is 2.61. The van der Waals surface area contributed by atoms with E-state index in [2.05, 4.69) is 9.97 Å². The smallest absolute Gasteiger partial charge is 0.310 e. The van der Waals surface area contributed by atoms with Crippen LogP contribution in [0.3, 0.4) is 0 Å². The van der Waals surface area contributed by atoms with Crippen LogP contribution in [0, 0.1) is 0 Å². The molecule has 0 atom stereocenters. The molecule has 5 nitrogen and oxygen atoms in total. The minimum Gasteiger partial charge on any atom is -0.472 e. The van der Waals surface area contributed by atoms with Gasteiger partial charge >= 0.3 is 5.56 Å². The van der Waals surface area contributed by atoms with Gasteiger partial charge in [-0.05, 0) is 12.8 Å². The van der Waals surface area contributed by atoms with Gasteiger partial charge in [0, 0.05) is 12.4 Å². The molecule has 5 heteroatoms. The first-order valence-corrected chi connectivity index (χ1v) is 5.65. The first-order valence-electron chi connectivity index (χ1n) is 5.65. The van der Waals surface area contributed by atoms with Crippen LogP contribution in [0.25, 0.3) is 0 Å². The van der Waals surface area contributed by atoms with Crippen LogP contribution in [0.2, 0.25) is 0 Å². The molecule has 1 aliphatic carbocycles. The summed E-state index contributed by atoms with van der Waals surface area (Å²) in [5.41, 5.74) is 5.60. The van der Waals surface area contributed by atoms with Crippen LogP contribution in [-0.2, 0) is 0 Å². The van der Waals surface area contributed by atoms with E-state index >= 15 is 0 Å². The van der Waals surface area contributed by atoms with E-state index in [0.717, 1.165) is 25.7 Å². The van der Waals surface area contributed by atoms with Crippen molar-refractivity contribution in [3.05, 3.63) is 22.7 Å². The van der Waals surface area contributed by atoms with Gasteiger partial charge in [0.1, 0.15) is 6.61 Å². The first kappa shape index (κ1) is 11.1. The van der Waals surface area contributed by atoms with Crippen molar-refractivity contribution in [2.75, 3.05) is 6.61 Å². The molecule has 0 bridgehead atoms. The number of nitrogens with zero attached hydrogens (tertiary/aromatic N) is 1. The third-order valence-corrected chi connectivity index (χ3v) is 3.02. The normalized spacial score (nSPS) is 19.3. The highest BCUT2D eigenvalue weighted by atomic mass is 16.5. The van der Waals surface area contributed by atoms with Gasteiger partial charge in [0.2, 0.25) is 0 Å². The van der Waals surface area contributed by atoms with Crippen LogP contribution in [0.5, 0.6) is 5.88 Å². The van der Waals surface area contributed by atoms with E-state index in [-0.39, 0.29) is 17.0 Å². The molecule has 0 unspecified atom stereocenters. The maximum absolute atomic E-state index is 11.3. The van der Waals surface area contributed by atoms with E-state index in [1.807, 2.05) is 0 Å². The van der Waals surface area contributed by atoms with Crippen molar-refractivity contribution < 1.29 is 4.74 Å². The number of nitrogens with one attached hydrogen (secondary N) is 1.